The smallest absolute Gasteiger partial charge is 0.00387 e. The van der Waals surface area contributed by atoms with E-state index in [0.717, 1.165) is 12.0 Å². The molecule has 1 saturated heterocycles. The Kier molecular flexibility index (Phi) is 3.38. The predicted octanol–water partition coefficient (Wildman–Crippen LogP) is 2.52. The molecule has 1 unspecified atom stereocenters. The predicted molar refractivity (Wildman–Crippen MR) is 49.7 cm³/mol. The zero-order chi connectivity index (χ0) is 8.27. The van der Waals surface area contributed by atoms with Crippen LogP contribution in [0.25, 0.3) is 0 Å². The van der Waals surface area contributed by atoms with Gasteiger partial charge in [-0.15, -0.1) is 0 Å². The second-order valence-corrected chi connectivity index (χ2v) is 4.01. The molecule has 1 rings (SSSR count). The van der Waals surface area contributed by atoms with E-state index >= 15 is 0 Å². The van der Waals surface area contributed by atoms with Crippen LogP contribution in [0.4, 0.5) is 0 Å². The SMILES string of the molecule is CCC1CCCN(C(C)C)C1. The summed E-state index contributed by atoms with van der Waals surface area (Å²) in [6.45, 7) is 9.59. The molecule has 1 heteroatoms. The Morgan fingerprint density at radius 3 is 2.73 bits per heavy atom. The molecule has 1 atom stereocenters. The molecule has 0 radical (unpaired) electrons. The summed E-state index contributed by atoms with van der Waals surface area (Å²) >= 11 is 0. The maximum Gasteiger partial charge on any atom is 0.00387 e. The van der Waals surface area contributed by atoms with Crippen molar-refractivity contribution in [2.24, 2.45) is 5.92 Å². The number of nitrogens with zero attached hydrogens (tertiary/aromatic N) is 1. The Labute approximate surface area is 70.8 Å². The minimum Gasteiger partial charge on any atom is -0.301 e. The van der Waals surface area contributed by atoms with Crippen molar-refractivity contribution in [3.8, 4) is 0 Å². The fourth-order valence-electron chi connectivity index (χ4n) is 1.90. The Morgan fingerprint density at radius 2 is 2.18 bits per heavy atom. The molecule has 1 fully saturated rings. The molecule has 66 valence electrons. The van der Waals surface area contributed by atoms with Crippen LogP contribution in [0, 0.1) is 5.92 Å². The molecule has 11 heavy (non-hydrogen) atoms. The van der Waals surface area contributed by atoms with E-state index < -0.39 is 0 Å². The zero-order valence-corrected chi connectivity index (χ0v) is 8.14. The van der Waals surface area contributed by atoms with E-state index in [1.165, 1.54) is 32.4 Å². The monoisotopic (exact) mass is 155 g/mol. The van der Waals surface area contributed by atoms with Crippen molar-refractivity contribution in [2.45, 2.75) is 46.1 Å². The molecule has 0 aromatic heterocycles. The summed E-state index contributed by atoms with van der Waals surface area (Å²) in [5.41, 5.74) is 0. The van der Waals surface area contributed by atoms with Crippen LogP contribution in [0.2, 0.25) is 0 Å². The highest BCUT2D eigenvalue weighted by atomic mass is 15.1. The van der Waals surface area contributed by atoms with E-state index in [-0.39, 0.29) is 0 Å². The average molecular weight is 155 g/mol. The fourth-order valence-corrected chi connectivity index (χ4v) is 1.90. The Morgan fingerprint density at radius 1 is 1.45 bits per heavy atom. The molecule has 1 aliphatic heterocycles. The number of hydrogen-bond acceptors (Lipinski definition) is 1. The topological polar surface area (TPSA) is 3.24 Å². The quantitative estimate of drug-likeness (QED) is 0.592. The molecule has 1 heterocycles. The van der Waals surface area contributed by atoms with E-state index in [1.807, 2.05) is 0 Å². The zero-order valence-electron chi connectivity index (χ0n) is 8.14. The van der Waals surface area contributed by atoms with Gasteiger partial charge in [0.2, 0.25) is 0 Å². The van der Waals surface area contributed by atoms with Crippen molar-refractivity contribution < 1.29 is 0 Å². The summed E-state index contributed by atoms with van der Waals surface area (Å²) in [5.74, 6) is 0.978. The lowest BCUT2D eigenvalue weighted by atomic mass is 9.95. The minimum atomic E-state index is 0.754. The fraction of sp³-hybridized carbons (Fsp3) is 1.00. The molecule has 0 bridgehead atoms. The molecule has 0 aromatic rings. The van der Waals surface area contributed by atoms with Gasteiger partial charge in [-0.2, -0.15) is 0 Å². The van der Waals surface area contributed by atoms with Crippen LogP contribution in [0.15, 0.2) is 0 Å². The molecule has 0 aromatic carbocycles. The van der Waals surface area contributed by atoms with Gasteiger partial charge in [0.1, 0.15) is 0 Å². The second kappa shape index (κ2) is 4.10. The van der Waals surface area contributed by atoms with Gasteiger partial charge in [-0.05, 0) is 39.2 Å². The van der Waals surface area contributed by atoms with Crippen LogP contribution in [-0.2, 0) is 0 Å². The van der Waals surface area contributed by atoms with Crippen LogP contribution >= 0.6 is 0 Å². The van der Waals surface area contributed by atoms with Gasteiger partial charge in [-0.1, -0.05) is 13.3 Å². The third-order valence-corrected chi connectivity index (χ3v) is 2.86. The molecular formula is C10H21N. The first-order chi connectivity index (χ1) is 5.24. The maximum atomic E-state index is 2.61. The summed E-state index contributed by atoms with van der Waals surface area (Å²) in [7, 11) is 0. The van der Waals surface area contributed by atoms with Crippen LogP contribution < -0.4 is 0 Å². The normalized spacial score (nSPS) is 27.8. The second-order valence-electron chi connectivity index (χ2n) is 4.01. The van der Waals surface area contributed by atoms with Gasteiger partial charge >= 0.3 is 0 Å². The Balaban J connectivity index is 2.33. The maximum absolute atomic E-state index is 2.61. The number of hydrogen-bond donors (Lipinski definition) is 0. The van der Waals surface area contributed by atoms with Crippen molar-refractivity contribution >= 4 is 0 Å². The van der Waals surface area contributed by atoms with Crippen molar-refractivity contribution in [3.63, 3.8) is 0 Å². The third kappa shape index (κ3) is 2.48. The van der Waals surface area contributed by atoms with Gasteiger partial charge < -0.3 is 4.90 Å². The lowest BCUT2D eigenvalue weighted by Gasteiger charge is -2.34. The molecule has 0 aliphatic carbocycles. The van der Waals surface area contributed by atoms with E-state index in [4.69, 9.17) is 0 Å². The summed E-state index contributed by atoms with van der Waals surface area (Å²) in [6, 6.07) is 0.754. The number of likely N-dealkylation sites (tertiary alicyclic amines) is 1. The Hall–Kier alpha value is -0.0400. The first-order valence-electron chi connectivity index (χ1n) is 4.98. The van der Waals surface area contributed by atoms with Crippen molar-refractivity contribution in [1.29, 1.82) is 0 Å². The van der Waals surface area contributed by atoms with Crippen molar-refractivity contribution in [2.75, 3.05) is 13.1 Å². The summed E-state index contributed by atoms with van der Waals surface area (Å²) in [6.07, 6.45) is 4.24. The summed E-state index contributed by atoms with van der Waals surface area (Å²) < 4.78 is 0. The highest BCUT2D eigenvalue weighted by molar-refractivity contribution is 4.73. The molecule has 1 nitrogen and oxygen atoms in total. The van der Waals surface area contributed by atoms with Gasteiger partial charge in [0.15, 0.2) is 0 Å². The largest absolute Gasteiger partial charge is 0.301 e. The molecule has 0 saturated carbocycles. The van der Waals surface area contributed by atoms with Crippen LogP contribution in [0.5, 0.6) is 0 Å². The van der Waals surface area contributed by atoms with Gasteiger partial charge in [0.05, 0.1) is 0 Å². The first-order valence-corrected chi connectivity index (χ1v) is 4.98. The Bertz CT molecular complexity index is 109. The van der Waals surface area contributed by atoms with Crippen molar-refractivity contribution in [1.82, 2.24) is 4.90 Å². The minimum absolute atomic E-state index is 0.754. The molecule has 1 aliphatic rings. The van der Waals surface area contributed by atoms with Gasteiger partial charge in [-0.25, -0.2) is 0 Å². The van der Waals surface area contributed by atoms with Crippen LogP contribution in [0.3, 0.4) is 0 Å². The van der Waals surface area contributed by atoms with E-state index in [0.29, 0.717) is 0 Å². The molecule has 0 amide bonds. The van der Waals surface area contributed by atoms with E-state index in [2.05, 4.69) is 25.7 Å². The molecular weight excluding hydrogens is 134 g/mol. The highest BCUT2D eigenvalue weighted by Crippen LogP contribution is 2.20. The van der Waals surface area contributed by atoms with E-state index in [1.54, 1.807) is 0 Å². The highest BCUT2D eigenvalue weighted by Gasteiger charge is 2.19. The van der Waals surface area contributed by atoms with Crippen LogP contribution in [0.1, 0.15) is 40.0 Å². The number of piperidine rings is 1. The summed E-state index contributed by atoms with van der Waals surface area (Å²) in [5, 5.41) is 0. The van der Waals surface area contributed by atoms with Crippen LogP contribution in [-0.4, -0.2) is 24.0 Å². The first kappa shape index (κ1) is 9.05. The number of rotatable bonds is 2. The average Bonchev–Trinajstić information content (AvgIpc) is 2.05. The lowest BCUT2D eigenvalue weighted by molar-refractivity contribution is 0.138. The molecule has 0 spiro atoms. The summed E-state index contributed by atoms with van der Waals surface area (Å²) in [4.78, 5) is 2.61. The lowest BCUT2D eigenvalue weighted by Crippen LogP contribution is -2.39. The third-order valence-electron chi connectivity index (χ3n) is 2.86. The van der Waals surface area contributed by atoms with Gasteiger partial charge in [0, 0.05) is 12.6 Å². The van der Waals surface area contributed by atoms with Gasteiger partial charge in [-0.3, -0.25) is 0 Å². The van der Waals surface area contributed by atoms with Gasteiger partial charge in [0.25, 0.3) is 0 Å². The van der Waals surface area contributed by atoms with E-state index in [9.17, 15) is 0 Å². The standard InChI is InChI=1S/C10H21N/c1-4-10-6-5-7-11(8-10)9(2)3/h9-10H,4-8H2,1-3H3. The van der Waals surface area contributed by atoms with Crippen molar-refractivity contribution in [3.05, 3.63) is 0 Å². The molecule has 0 N–H and O–H groups in total.